The smallest absolute Gasteiger partial charge is 0.338 e. The third-order valence-electron chi connectivity index (χ3n) is 4.31. The van der Waals surface area contributed by atoms with Crippen LogP contribution in [0, 0.1) is 0 Å². The second-order valence-electron chi connectivity index (χ2n) is 6.36. The molecule has 3 amide bonds. The van der Waals surface area contributed by atoms with E-state index < -0.39 is 17.6 Å². The van der Waals surface area contributed by atoms with Gasteiger partial charge in [-0.3, -0.25) is 9.69 Å². The second-order valence-corrected chi connectivity index (χ2v) is 6.36. The number of hydrogen-bond donors (Lipinski definition) is 3. The maximum absolute atomic E-state index is 13.0. The van der Waals surface area contributed by atoms with Gasteiger partial charge in [-0.2, -0.15) is 13.2 Å². The maximum atomic E-state index is 13.0. The average Bonchev–Trinajstić information content (AvgIpc) is 2.67. The van der Waals surface area contributed by atoms with Gasteiger partial charge in [0.25, 0.3) is 5.91 Å². The molecule has 0 bridgehead atoms. The summed E-state index contributed by atoms with van der Waals surface area (Å²) in [6.07, 6.45) is -3.78. The summed E-state index contributed by atoms with van der Waals surface area (Å²) < 4.78 is 39.1. The minimum Gasteiger partial charge on any atom is -0.338 e. The number of carbonyl (C=O) groups excluding carboxylic acids is 2. The van der Waals surface area contributed by atoms with Crippen LogP contribution in [0.2, 0.25) is 0 Å². The van der Waals surface area contributed by atoms with E-state index in [0.717, 1.165) is 18.6 Å². The van der Waals surface area contributed by atoms with E-state index in [-0.39, 0.29) is 41.8 Å². The molecule has 0 unspecified atom stereocenters. The van der Waals surface area contributed by atoms with Gasteiger partial charge in [0.1, 0.15) is 0 Å². The Balaban J connectivity index is 0.00000300. The molecule has 0 saturated carbocycles. The molecule has 0 aliphatic carbocycles. The number of alkyl halides is 3. The summed E-state index contributed by atoms with van der Waals surface area (Å²) in [5.74, 6) is -0.582. The summed E-state index contributed by atoms with van der Waals surface area (Å²) in [5, 5.41) is 5.19. The highest BCUT2D eigenvalue weighted by Gasteiger charge is 2.31. The SMILES string of the molecule is Cl.NCc1cc(NC(=O)c2cccc(N3CCCNC3=O)c2)cc(C(F)(F)F)c1. The number of urea groups is 1. The van der Waals surface area contributed by atoms with Crippen molar-refractivity contribution in [3.63, 3.8) is 0 Å². The Morgan fingerprint density at radius 2 is 1.97 bits per heavy atom. The highest BCUT2D eigenvalue weighted by atomic mass is 35.5. The monoisotopic (exact) mass is 428 g/mol. The first kappa shape index (κ1) is 22.5. The van der Waals surface area contributed by atoms with Crippen LogP contribution in [0.15, 0.2) is 42.5 Å². The lowest BCUT2D eigenvalue weighted by molar-refractivity contribution is -0.137. The van der Waals surface area contributed by atoms with Crippen molar-refractivity contribution in [1.82, 2.24) is 5.32 Å². The topological polar surface area (TPSA) is 87.5 Å². The predicted molar refractivity (Wildman–Crippen MR) is 106 cm³/mol. The average molecular weight is 429 g/mol. The first-order valence-corrected chi connectivity index (χ1v) is 8.66. The Morgan fingerprint density at radius 1 is 1.21 bits per heavy atom. The molecule has 29 heavy (non-hydrogen) atoms. The van der Waals surface area contributed by atoms with Gasteiger partial charge in [-0.25, -0.2) is 4.79 Å². The fourth-order valence-electron chi connectivity index (χ4n) is 2.94. The van der Waals surface area contributed by atoms with Crippen LogP contribution >= 0.6 is 12.4 Å². The summed E-state index contributed by atoms with van der Waals surface area (Å²) in [4.78, 5) is 26.0. The number of nitrogens with two attached hydrogens (primary N) is 1. The van der Waals surface area contributed by atoms with Gasteiger partial charge < -0.3 is 16.4 Å². The Hall–Kier alpha value is -2.78. The molecule has 1 saturated heterocycles. The molecule has 0 aromatic heterocycles. The minimum atomic E-state index is -4.55. The van der Waals surface area contributed by atoms with E-state index in [1.54, 1.807) is 12.1 Å². The molecule has 4 N–H and O–H groups in total. The molecule has 1 heterocycles. The van der Waals surface area contributed by atoms with E-state index >= 15 is 0 Å². The third-order valence-corrected chi connectivity index (χ3v) is 4.31. The van der Waals surface area contributed by atoms with Crippen molar-refractivity contribution >= 4 is 35.7 Å². The van der Waals surface area contributed by atoms with E-state index in [2.05, 4.69) is 10.6 Å². The van der Waals surface area contributed by atoms with Crippen LogP contribution in [0.4, 0.5) is 29.3 Å². The van der Waals surface area contributed by atoms with Crippen LogP contribution in [0.25, 0.3) is 0 Å². The first-order valence-electron chi connectivity index (χ1n) is 8.66. The Morgan fingerprint density at radius 3 is 2.62 bits per heavy atom. The van der Waals surface area contributed by atoms with Gasteiger partial charge in [0.15, 0.2) is 0 Å². The number of carbonyl (C=O) groups is 2. The van der Waals surface area contributed by atoms with Crippen molar-refractivity contribution < 1.29 is 22.8 Å². The molecule has 2 aromatic rings. The van der Waals surface area contributed by atoms with Crippen molar-refractivity contribution in [2.24, 2.45) is 5.73 Å². The van der Waals surface area contributed by atoms with Gasteiger partial charge in [-0.05, 0) is 48.4 Å². The summed E-state index contributed by atoms with van der Waals surface area (Å²) in [6, 6.07) is 9.31. The van der Waals surface area contributed by atoms with Crippen LogP contribution in [-0.4, -0.2) is 25.0 Å². The van der Waals surface area contributed by atoms with Crippen LogP contribution in [-0.2, 0) is 12.7 Å². The number of nitrogens with one attached hydrogen (secondary N) is 2. The molecule has 1 fully saturated rings. The molecule has 0 spiro atoms. The lowest BCUT2D eigenvalue weighted by Gasteiger charge is -2.27. The fourth-order valence-corrected chi connectivity index (χ4v) is 2.94. The standard InChI is InChI=1S/C19H19F3N4O2.ClH/c20-19(21,22)14-7-12(11-23)8-15(10-14)25-17(27)13-3-1-4-16(9-13)26-6-2-5-24-18(26)28;/h1,3-4,7-10H,2,5-6,11,23H2,(H,24,28)(H,25,27);1H. The molecular formula is C19H20ClF3N4O2. The van der Waals surface area contributed by atoms with Gasteiger partial charge >= 0.3 is 12.2 Å². The highest BCUT2D eigenvalue weighted by Crippen LogP contribution is 2.32. The quantitative estimate of drug-likeness (QED) is 0.693. The summed E-state index contributed by atoms with van der Waals surface area (Å²) >= 11 is 0. The number of halogens is 4. The maximum Gasteiger partial charge on any atom is 0.416 e. The van der Waals surface area contributed by atoms with E-state index in [1.807, 2.05) is 0 Å². The Kier molecular flexibility index (Phi) is 7.10. The summed E-state index contributed by atoms with van der Waals surface area (Å²) in [6.45, 7) is 1.02. The van der Waals surface area contributed by atoms with Gasteiger partial charge in [0.2, 0.25) is 0 Å². The first-order chi connectivity index (χ1) is 13.3. The van der Waals surface area contributed by atoms with Crippen molar-refractivity contribution in [3.8, 4) is 0 Å². The fraction of sp³-hybridized carbons (Fsp3) is 0.263. The molecule has 10 heteroatoms. The number of anilines is 2. The normalized spacial score (nSPS) is 14.1. The molecule has 156 valence electrons. The van der Waals surface area contributed by atoms with Crippen LogP contribution < -0.4 is 21.3 Å². The lowest BCUT2D eigenvalue weighted by atomic mass is 10.1. The molecule has 0 radical (unpaired) electrons. The van der Waals surface area contributed by atoms with E-state index in [4.69, 9.17) is 5.73 Å². The molecular weight excluding hydrogens is 409 g/mol. The van der Waals surface area contributed by atoms with Crippen molar-refractivity contribution in [3.05, 3.63) is 59.2 Å². The van der Waals surface area contributed by atoms with E-state index in [1.165, 1.54) is 23.1 Å². The molecule has 1 aliphatic rings. The van der Waals surface area contributed by atoms with Gasteiger partial charge in [0, 0.05) is 36.6 Å². The van der Waals surface area contributed by atoms with Gasteiger partial charge in [-0.1, -0.05) is 6.07 Å². The summed E-state index contributed by atoms with van der Waals surface area (Å²) in [7, 11) is 0. The largest absolute Gasteiger partial charge is 0.416 e. The number of benzene rings is 2. The molecule has 1 aliphatic heterocycles. The molecule has 0 atom stereocenters. The molecule has 2 aromatic carbocycles. The second kappa shape index (κ2) is 9.15. The van der Waals surface area contributed by atoms with Crippen molar-refractivity contribution in [2.45, 2.75) is 19.1 Å². The van der Waals surface area contributed by atoms with Crippen molar-refractivity contribution in [2.75, 3.05) is 23.3 Å². The van der Waals surface area contributed by atoms with Crippen LogP contribution in [0.5, 0.6) is 0 Å². The summed E-state index contributed by atoms with van der Waals surface area (Å²) in [5.41, 5.74) is 5.60. The number of rotatable bonds is 4. The minimum absolute atomic E-state index is 0. The van der Waals surface area contributed by atoms with Crippen molar-refractivity contribution in [1.29, 1.82) is 0 Å². The molecule has 6 nitrogen and oxygen atoms in total. The zero-order valence-corrected chi connectivity index (χ0v) is 16.1. The van der Waals surface area contributed by atoms with Gasteiger partial charge in [0.05, 0.1) is 5.56 Å². The third kappa shape index (κ3) is 5.39. The Bertz CT molecular complexity index is 905. The number of amides is 3. The zero-order valence-electron chi connectivity index (χ0n) is 15.3. The van der Waals surface area contributed by atoms with Crippen LogP contribution in [0.1, 0.15) is 27.9 Å². The van der Waals surface area contributed by atoms with E-state index in [0.29, 0.717) is 18.8 Å². The number of nitrogens with zero attached hydrogens (tertiary/aromatic N) is 1. The highest BCUT2D eigenvalue weighted by molar-refractivity contribution is 6.05. The number of hydrogen-bond acceptors (Lipinski definition) is 3. The predicted octanol–water partition coefficient (Wildman–Crippen LogP) is 3.76. The van der Waals surface area contributed by atoms with Crippen LogP contribution in [0.3, 0.4) is 0 Å². The van der Waals surface area contributed by atoms with E-state index in [9.17, 15) is 22.8 Å². The van der Waals surface area contributed by atoms with Gasteiger partial charge in [-0.15, -0.1) is 12.4 Å². The lowest BCUT2D eigenvalue weighted by Crippen LogP contribution is -2.46. The molecule has 3 rings (SSSR count). The zero-order chi connectivity index (χ0) is 20.3. The Labute approximate surface area is 171 Å².